The molecule has 8 nitrogen and oxygen atoms in total. The number of piperidine rings is 1. The molecule has 2 aromatic rings. The van der Waals surface area contributed by atoms with Gasteiger partial charge in [-0.05, 0) is 68.7 Å². The van der Waals surface area contributed by atoms with Crippen LogP contribution < -0.4 is 4.74 Å². The molecule has 0 amide bonds. The SMILES string of the molecule is CCOc1cc(CN2CC3(CC(N4CCC(C)(C(=O)O)CC4)=NO3)C2)cc(C2CC2)c1-c1cnc(F)c(F)c1. The number of benzene rings is 1. The molecule has 1 aromatic heterocycles. The Morgan fingerprint density at radius 1 is 1.21 bits per heavy atom. The molecular formula is C29H34F2N4O4. The standard InChI is InChI=1S/C29H34F2N4O4/c1-3-38-23-11-18(10-21(19-4-5-19)25(23)20-12-22(30)26(31)32-14-20)15-34-16-29(17-34)13-24(33-39-29)35-8-6-28(2,7-9-35)27(36)37/h10-12,14,19H,3-9,13,15-17H2,1-2H3,(H,36,37). The highest BCUT2D eigenvalue weighted by Gasteiger charge is 2.51. The lowest BCUT2D eigenvalue weighted by Gasteiger charge is -2.45. The van der Waals surface area contributed by atoms with Gasteiger partial charge in [0.15, 0.2) is 11.4 Å². The summed E-state index contributed by atoms with van der Waals surface area (Å²) in [6.07, 6.45) is 5.42. The summed E-state index contributed by atoms with van der Waals surface area (Å²) in [4.78, 5) is 25.6. The molecule has 1 saturated carbocycles. The van der Waals surface area contributed by atoms with E-state index in [9.17, 15) is 18.7 Å². The predicted octanol–water partition coefficient (Wildman–Crippen LogP) is 4.78. The van der Waals surface area contributed by atoms with Crippen LogP contribution in [0.4, 0.5) is 8.78 Å². The molecule has 0 radical (unpaired) electrons. The van der Waals surface area contributed by atoms with Gasteiger partial charge in [-0.15, -0.1) is 0 Å². The largest absolute Gasteiger partial charge is 0.493 e. The predicted molar refractivity (Wildman–Crippen MR) is 140 cm³/mol. The number of oxime groups is 1. The van der Waals surface area contributed by atoms with Crippen molar-refractivity contribution in [2.75, 3.05) is 32.8 Å². The Morgan fingerprint density at radius 3 is 2.59 bits per heavy atom. The first-order chi connectivity index (χ1) is 18.7. The number of pyridine rings is 1. The number of rotatable bonds is 7. The van der Waals surface area contributed by atoms with Crippen LogP contribution in [0.15, 0.2) is 29.6 Å². The normalized spacial score (nSPS) is 21.8. The van der Waals surface area contributed by atoms with Gasteiger partial charge in [0.1, 0.15) is 11.6 Å². The van der Waals surface area contributed by atoms with Crippen LogP contribution in [0.3, 0.4) is 0 Å². The lowest BCUT2D eigenvalue weighted by Crippen LogP contribution is -2.61. The number of likely N-dealkylation sites (tertiary alicyclic amines) is 2. The number of halogens is 2. The number of aromatic nitrogens is 1. The van der Waals surface area contributed by atoms with Crippen LogP contribution in [0.25, 0.3) is 11.1 Å². The van der Waals surface area contributed by atoms with Crippen LogP contribution in [0, 0.1) is 17.2 Å². The first-order valence-electron chi connectivity index (χ1n) is 13.8. The zero-order valence-electron chi connectivity index (χ0n) is 22.4. The summed E-state index contributed by atoms with van der Waals surface area (Å²) in [6, 6.07) is 5.37. The second kappa shape index (κ2) is 9.73. The average molecular weight is 541 g/mol. The molecule has 4 aliphatic rings. The molecule has 0 atom stereocenters. The van der Waals surface area contributed by atoms with Gasteiger partial charge in [0.25, 0.3) is 0 Å². The second-order valence-corrected chi connectivity index (χ2v) is 11.7. The summed E-state index contributed by atoms with van der Waals surface area (Å²) < 4.78 is 33.6. The Hall–Kier alpha value is -3.27. The van der Waals surface area contributed by atoms with E-state index in [1.54, 1.807) is 0 Å². The Bertz CT molecular complexity index is 1310. The molecule has 1 aromatic carbocycles. The molecule has 208 valence electrons. The highest BCUT2D eigenvalue weighted by Crippen LogP contribution is 2.48. The Morgan fingerprint density at radius 2 is 1.95 bits per heavy atom. The van der Waals surface area contributed by atoms with Gasteiger partial charge >= 0.3 is 5.97 Å². The third-order valence-electron chi connectivity index (χ3n) is 8.60. The van der Waals surface area contributed by atoms with E-state index in [0.717, 1.165) is 61.4 Å². The molecule has 1 aliphatic carbocycles. The van der Waals surface area contributed by atoms with E-state index < -0.39 is 23.1 Å². The van der Waals surface area contributed by atoms with Crippen molar-refractivity contribution in [1.29, 1.82) is 0 Å². The summed E-state index contributed by atoms with van der Waals surface area (Å²) in [5, 5.41) is 13.9. The number of amidine groups is 1. The van der Waals surface area contributed by atoms with Crippen molar-refractivity contribution >= 4 is 11.8 Å². The number of carboxylic acids is 1. The molecule has 39 heavy (non-hydrogen) atoms. The van der Waals surface area contributed by atoms with Crippen molar-refractivity contribution in [1.82, 2.24) is 14.8 Å². The van der Waals surface area contributed by atoms with E-state index in [1.807, 2.05) is 19.9 Å². The van der Waals surface area contributed by atoms with Crippen LogP contribution in [0.1, 0.15) is 63.0 Å². The van der Waals surface area contributed by atoms with Gasteiger partial charge in [-0.3, -0.25) is 9.69 Å². The van der Waals surface area contributed by atoms with E-state index >= 15 is 0 Å². The molecule has 3 aliphatic heterocycles. The number of hydrogen-bond donors (Lipinski definition) is 1. The maximum absolute atomic E-state index is 14.1. The smallest absolute Gasteiger partial charge is 0.309 e. The summed E-state index contributed by atoms with van der Waals surface area (Å²) in [5.74, 6) is -0.845. The maximum atomic E-state index is 14.1. The Kier molecular flexibility index (Phi) is 6.48. The topological polar surface area (TPSA) is 87.5 Å². The van der Waals surface area contributed by atoms with Crippen molar-refractivity contribution in [2.24, 2.45) is 10.6 Å². The number of nitrogens with zero attached hydrogens (tertiary/aromatic N) is 4. The van der Waals surface area contributed by atoms with Crippen molar-refractivity contribution in [3.63, 3.8) is 0 Å². The van der Waals surface area contributed by atoms with Crippen LogP contribution in [-0.2, 0) is 16.2 Å². The number of ether oxygens (including phenoxy) is 1. The summed E-state index contributed by atoms with van der Waals surface area (Å²) >= 11 is 0. The van der Waals surface area contributed by atoms with E-state index in [2.05, 4.69) is 26.0 Å². The zero-order valence-corrected chi connectivity index (χ0v) is 22.4. The second-order valence-electron chi connectivity index (χ2n) is 11.7. The number of hydrogen-bond acceptors (Lipinski definition) is 7. The van der Waals surface area contributed by atoms with E-state index in [-0.39, 0.29) is 5.60 Å². The van der Waals surface area contributed by atoms with Crippen LogP contribution >= 0.6 is 0 Å². The number of carboxylic acid groups (broad SMARTS) is 1. The minimum absolute atomic E-state index is 0.331. The van der Waals surface area contributed by atoms with Crippen molar-refractivity contribution in [2.45, 2.75) is 64.0 Å². The fourth-order valence-electron chi connectivity index (χ4n) is 6.09. The van der Waals surface area contributed by atoms with Gasteiger partial charge in [0.05, 0.1) is 18.4 Å². The van der Waals surface area contributed by atoms with Gasteiger partial charge < -0.3 is 19.6 Å². The molecule has 2 saturated heterocycles. The maximum Gasteiger partial charge on any atom is 0.309 e. The molecule has 6 rings (SSSR count). The zero-order chi connectivity index (χ0) is 27.4. The summed E-state index contributed by atoms with van der Waals surface area (Å²) in [6.45, 7) is 7.76. The van der Waals surface area contributed by atoms with E-state index in [0.29, 0.717) is 49.8 Å². The molecule has 10 heteroatoms. The van der Waals surface area contributed by atoms with Crippen molar-refractivity contribution in [3.05, 3.63) is 47.3 Å². The first-order valence-corrected chi connectivity index (χ1v) is 13.8. The molecule has 0 unspecified atom stereocenters. The third kappa shape index (κ3) is 4.95. The van der Waals surface area contributed by atoms with Crippen molar-refractivity contribution < 1.29 is 28.3 Å². The summed E-state index contributed by atoms with van der Waals surface area (Å²) in [5.41, 5.74) is 2.53. The quantitative estimate of drug-likeness (QED) is 0.506. The van der Waals surface area contributed by atoms with Gasteiger partial charge in [-0.1, -0.05) is 11.2 Å². The monoisotopic (exact) mass is 540 g/mol. The lowest BCUT2D eigenvalue weighted by molar-refractivity contribution is -0.150. The van der Waals surface area contributed by atoms with Crippen LogP contribution in [-0.4, -0.2) is 70.1 Å². The lowest BCUT2D eigenvalue weighted by atomic mass is 9.80. The van der Waals surface area contributed by atoms with E-state index in [4.69, 9.17) is 9.57 Å². The fourth-order valence-corrected chi connectivity index (χ4v) is 6.09. The van der Waals surface area contributed by atoms with Crippen LogP contribution in [0.5, 0.6) is 5.75 Å². The minimum atomic E-state index is -1.10. The molecule has 1 spiro atoms. The molecular weight excluding hydrogens is 506 g/mol. The molecule has 1 N–H and O–H groups in total. The van der Waals surface area contributed by atoms with Gasteiger partial charge in [0.2, 0.25) is 5.95 Å². The summed E-state index contributed by atoms with van der Waals surface area (Å²) in [7, 11) is 0. The highest BCUT2D eigenvalue weighted by molar-refractivity contribution is 5.85. The molecule has 4 heterocycles. The van der Waals surface area contributed by atoms with Crippen molar-refractivity contribution in [3.8, 4) is 16.9 Å². The molecule has 0 bridgehead atoms. The van der Waals surface area contributed by atoms with Gasteiger partial charge in [-0.25, -0.2) is 9.37 Å². The highest BCUT2D eigenvalue weighted by atomic mass is 19.2. The first kappa shape index (κ1) is 26.0. The third-order valence-corrected chi connectivity index (χ3v) is 8.60. The number of carbonyl (C=O) groups is 1. The molecule has 3 fully saturated rings. The Labute approximate surface area is 226 Å². The van der Waals surface area contributed by atoms with E-state index in [1.165, 1.54) is 12.3 Å². The number of aliphatic carboxylic acids is 1. The van der Waals surface area contributed by atoms with Gasteiger partial charge in [0, 0.05) is 50.0 Å². The fraction of sp³-hybridized carbons (Fsp3) is 0.552. The Balaban J connectivity index is 1.13. The average Bonchev–Trinajstić information content (AvgIpc) is 3.64. The minimum Gasteiger partial charge on any atom is -0.493 e. The van der Waals surface area contributed by atoms with Crippen LogP contribution in [0.2, 0.25) is 0 Å². The van der Waals surface area contributed by atoms with Gasteiger partial charge in [-0.2, -0.15) is 4.39 Å².